The second-order valence-electron chi connectivity index (χ2n) is 3.36. The van der Waals surface area contributed by atoms with E-state index in [0.29, 0.717) is 5.92 Å². The van der Waals surface area contributed by atoms with Crippen LogP contribution in [0.15, 0.2) is 6.33 Å². The zero-order valence-corrected chi connectivity index (χ0v) is 7.40. The molecule has 0 saturated carbocycles. The van der Waals surface area contributed by atoms with E-state index >= 15 is 0 Å². The van der Waals surface area contributed by atoms with Crippen LogP contribution in [-0.2, 0) is 11.8 Å². The zero-order chi connectivity index (χ0) is 8.55. The SMILES string of the molecule is CC1CCOC1c1nncn1C. The second kappa shape index (κ2) is 2.86. The van der Waals surface area contributed by atoms with Crippen LogP contribution in [0.1, 0.15) is 25.3 Å². The molecule has 66 valence electrons. The first-order chi connectivity index (χ1) is 5.79. The molecule has 4 heteroatoms. The van der Waals surface area contributed by atoms with Crippen LogP contribution in [0.25, 0.3) is 0 Å². The molecule has 2 heterocycles. The second-order valence-corrected chi connectivity index (χ2v) is 3.36. The lowest BCUT2D eigenvalue weighted by atomic mass is 10.0. The smallest absolute Gasteiger partial charge is 0.162 e. The fraction of sp³-hybridized carbons (Fsp3) is 0.750. The Morgan fingerprint density at radius 3 is 3.00 bits per heavy atom. The van der Waals surface area contributed by atoms with Crippen molar-refractivity contribution in [2.24, 2.45) is 13.0 Å². The molecule has 1 saturated heterocycles. The summed E-state index contributed by atoms with van der Waals surface area (Å²) >= 11 is 0. The average Bonchev–Trinajstić information content (AvgIpc) is 2.59. The van der Waals surface area contributed by atoms with Crippen molar-refractivity contribution in [1.82, 2.24) is 14.8 Å². The van der Waals surface area contributed by atoms with Crippen LogP contribution >= 0.6 is 0 Å². The summed E-state index contributed by atoms with van der Waals surface area (Å²) in [6.45, 7) is 3.03. The summed E-state index contributed by atoms with van der Waals surface area (Å²) in [6, 6.07) is 0. The third kappa shape index (κ3) is 1.12. The summed E-state index contributed by atoms with van der Waals surface area (Å²) in [5, 5.41) is 7.87. The van der Waals surface area contributed by atoms with E-state index in [-0.39, 0.29) is 6.10 Å². The van der Waals surface area contributed by atoms with Crippen molar-refractivity contribution in [3.63, 3.8) is 0 Å². The van der Waals surface area contributed by atoms with Gasteiger partial charge in [-0.1, -0.05) is 6.92 Å². The molecule has 2 atom stereocenters. The van der Waals surface area contributed by atoms with Crippen molar-refractivity contribution < 1.29 is 4.74 Å². The van der Waals surface area contributed by atoms with Crippen LogP contribution in [0.5, 0.6) is 0 Å². The molecule has 0 aromatic carbocycles. The van der Waals surface area contributed by atoms with Crippen LogP contribution in [0.2, 0.25) is 0 Å². The van der Waals surface area contributed by atoms with E-state index in [1.165, 1.54) is 0 Å². The molecule has 1 aliphatic rings. The maximum Gasteiger partial charge on any atom is 0.162 e. The van der Waals surface area contributed by atoms with Gasteiger partial charge in [-0.2, -0.15) is 0 Å². The minimum absolute atomic E-state index is 0.150. The van der Waals surface area contributed by atoms with E-state index < -0.39 is 0 Å². The molecule has 1 aliphatic heterocycles. The lowest BCUT2D eigenvalue weighted by Crippen LogP contribution is -2.09. The molecule has 0 amide bonds. The highest BCUT2D eigenvalue weighted by atomic mass is 16.5. The molecule has 2 unspecified atom stereocenters. The van der Waals surface area contributed by atoms with Crippen LogP contribution < -0.4 is 0 Å². The summed E-state index contributed by atoms with van der Waals surface area (Å²) in [7, 11) is 1.95. The lowest BCUT2D eigenvalue weighted by molar-refractivity contribution is 0.0848. The molecular formula is C8H13N3O. The number of nitrogens with zero attached hydrogens (tertiary/aromatic N) is 3. The highest BCUT2D eigenvalue weighted by molar-refractivity contribution is 4.95. The van der Waals surface area contributed by atoms with E-state index in [0.717, 1.165) is 18.9 Å². The van der Waals surface area contributed by atoms with Gasteiger partial charge in [-0.3, -0.25) is 0 Å². The number of aryl methyl sites for hydroxylation is 1. The molecule has 4 nitrogen and oxygen atoms in total. The summed E-state index contributed by atoms with van der Waals surface area (Å²) in [6.07, 6.45) is 2.99. The normalized spacial score (nSPS) is 29.5. The number of ether oxygens (including phenoxy) is 1. The molecule has 1 fully saturated rings. The Hall–Kier alpha value is -0.900. The predicted molar refractivity (Wildman–Crippen MR) is 43.5 cm³/mol. The minimum Gasteiger partial charge on any atom is -0.370 e. The fourth-order valence-corrected chi connectivity index (χ4v) is 1.58. The molecule has 2 rings (SSSR count). The Labute approximate surface area is 71.6 Å². The van der Waals surface area contributed by atoms with Crippen LogP contribution in [0.4, 0.5) is 0 Å². The Morgan fingerprint density at radius 2 is 2.50 bits per heavy atom. The van der Waals surface area contributed by atoms with E-state index in [2.05, 4.69) is 17.1 Å². The van der Waals surface area contributed by atoms with Crippen LogP contribution in [0.3, 0.4) is 0 Å². The van der Waals surface area contributed by atoms with Crippen LogP contribution in [0, 0.1) is 5.92 Å². The Balaban J connectivity index is 2.24. The summed E-state index contributed by atoms with van der Waals surface area (Å²) in [4.78, 5) is 0. The predicted octanol–water partition coefficient (Wildman–Crippen LogP) is 0.913. The maximum absolute atomic E-state index is 5.57. The third-order valence-electron chi connectivity index (χ3n) is 2.39. The highest BCUT2D eigenvalue weighted by Gasteiger charge is 2.29. The van der Waals surface area contributed by atoms with E-state index in [4.69, 9.17) is 4.74 Å². The maximum atomic E-state index is 5.57. The van der Waals surface area contributed by atoms with Crippen molar-refractivity contribution in [1.29, 1.82) is 0 Å². The monoisotopic (exact) mass is 167 g/mol. The number of aromatic nitrogens is 3. The highest BCUT2D eigenvalue weighted by Crippen LogP contribution is 2.32. The molecule has 0 spiro atoms. The van der Waals surface area contributed by atoms with Crippen molar-refractivity contribution in [3.8, 4) is 0 Å². The lowest BCUT2D eigenvalue weighted by Gasteiger charge is -2.12. The quantitative estimate of drug-likeness (QED) is 0.624. The number of hydrogen-bond donors (Lipinski definition) is 0. The summed E-state index contributed by atoms with van der Waals surface area (Å²) < 4.78 is 7.49. The molecule has 12 heavy (non-hydrogen) atoms. The molecular weight excluding hydrogens is 154 g/mol. The largest absolute Gasteiger partial charge is 0.370 e. The minimum atomic E-state index is 0.150. The fourth-order valence-electron chi connectivity index (χ4n) is 1.58. The van der Waals surface area contributed by atoms with Gasteiger partial charge in [0.25, 0.3) is 0 Å². The van der Waals surface area contributed by atoms with Gasteiger partial charge < -0.3 is 9.30 Å². The van der Waals surface area contributed by atoms with Crippen molar-refractivity contribution in [3.05, 3.63) is 12.2 Å². The van der Waals surface area contributed by atoms with Crippen molar-refractivity contribution in [2.75, 3.05) is 6.61 Å². The summed E-state index contributed by atoms with van der Waals surface area (Å²) in [5.74, 6) is 1.51. The number of rotatable bonds is 1. The Bertz CT molecular complexity index is 271. The van der Waals surface area contributed by atoms with Gasteiger partial charge in [0.1, 0.15) is 12.4 Å². The molecule has 1 aromatic heterocycles. The topological polar surface area (TPSA) is 39.9 Å². The van der Waals surface area contributed by atoms with E-state index in [1.54, 1.807) is 6.33 Å². The van der Waals surface area contributed by atoms with Gasteiger partial charge in [0.05, 0.1) is 0 Å². The molecule has 0 aliphatic carbocycles. The van der Waals surface area contributed by atoms with Crippen LogP contribution in [-0.4, -0.2) is 21.4 Å². The molecule has 0 bridgehead atoms. The third-order valence-corrected chi connectivity index (χ3v) is 2.39. The zero-order valence-electron chi connectivity index (χ0n) is 7.40. The van der Waals surface area contributed by atoms with Gasteiger partial charge in [0.2, 0.25) is 0 Å². The standard InChI is InChI=1S/C8H13N3O/c1-6-3-4-12-7(6)8-10-9-5-11(8)2/h5-7H,3-4H2,1-2H3. The Morgan fingerprint density at radius 1 is 1.67 bits per heavy atom. The van der Waals surface area contributed by atoms with Gasteiger partial charge in [-0.25, -0.2) is 0 Å². The molecule has 1 aromatic rings. The first kappa shape index (κ1) is 7.73. The first-order valence-electron chi connectivity index (χ1n) is 4.24. The molecule has 0 N–H and O–H groups in total. The molecule has 0 radical (unpaired) electrons. The summed E-state index contributed by atoms with van der Waals surface area (Å²) in [5.41, 5.74) is 0. The van der Waals surface area contributed by atoms with E-state index in [9.17, 15) is 0 Å². The van der Waals surface area contributed by atoms with Gasteiger partial charge in [0, 0.05) is 13.7 Å². The van der Waals surface area contributed by atoms with Crippen molar-refractivity contribution in [2.45, 2.75) is 19.4 Å². The van der Waals surface area contributed by atoms with E-state index in [1.807, 2.05) is 11.6 Å². The first-order valence-corrected chi connectivity index (χ1v) is 4.24. The van der Waals surface area contributed by atoms with Gasteiger partial charge >= 0.3 is 0 Å². The van der Waals surface area contributed by atoms with Gasteiger partial charge in [0.15, 0.2) is 5.82 Å². The number of hydrogen-bond acceptors (Lipinski definition) is 3. The Kier molecular flexibility index (Phi) is 1.84. The van der Waals surface area contributed by atoms with Crippen molar-refractivity contribution >= 4 is 0 Å². The van der Waals surface area contributed by atoms with Gasteiger partial charge in [-0.05, 0) is 12.3 Å². The van der Waals surface area contributed by atoms with Gasteiger partial charge in [-0.15, -0.1) is 10.2 Å². The average molecular weight is 167 g/mol.